The van der Waals surface area contributed by atoms with Crippen LogP contribution in [0.3, 0.4) is 0 Å². The molecule has 7 rings (SSSR count). The van der Waals surface area contributed by atoms with E-state index in [-0.39, 0.29) is 24.8 Å². The number of benzene rings is 5. The SMILES string of the molecule is Cc1ccc2ccccc2c1-c1cccc2c1C=C(CC(C)C)C2c1[c]([Zr+2][SiH](C)C)ccc2c1Cc1ccccc1-2.[Cl-].[Cl-]. The van der Waals surface area contributed by atoms with E-state index in [1.54, 1.807) is 20.0 Å². The molecule has 0 bridgehead atoms. The monoisotopic (exact) mass is 694 g/mol. The Morgan fingerprint density at radius 3 is 2.33 bits per heavy atom. The number of rotatable bonds is 6. The van der Waals surface area contributed by atoms with Gasteiger partial charge >= 0.3 is 259 Å². The molecule has 0 N–H and O–H groups in total. The third-order valence-electron chi connectivity index (χ3n) is 8.97. The fraction of sp³-hybridized carbons (Fsp3) is 0.231. The van der Waals surface area contributed by atoms with Crippen LogP contribution >= 0.6 is 0 Å². The Kier molecular flexibility index (Phi) is 9.75. The molecule has 0 saturated carbocycles. The molecule has 0 heterocycles. The smallest absolute Gasteiger partial charge is 1.00 e. The fourth-order valence-electron chi connectivity index (χ4n) is 7.41. The molecule has 2 aliphatic carbocycles. The number of hydrogen-bond acceptors (Lipinski definition) is 0. The summed E-state index contributed by atoms with van der Waals surface area (Å²) in [6, 6.07) is 34.8. The first-order chi connectivity index (χ1) is 19.9. The average molecular weight is 697 g/mol. The molecule has 43 heavy (non-hydrogen) atoms. The molecule has 0 radical (unpaired) electrons. The Hall–Kier alpha value is -2.22. The number of aryl methyl sites for hydroxylation is 1. The van der Waals surface area contributed by atoms with Crippen molar-refractivity contribution < 1.29 is 47.2 Å². The molecule has 0 saturated heterocycles. The molecule has 1 atom stereocenters. The molecule has 5 aromatic carbocycles. The molecule has 5 aromatic rings. The summed E-state index contributed by atoms with van der Waals surface area (Å²) in [6.45, 7) is 12.2. The van der Waals surface area contributed by atoms with Crippen LogP contribution in [0.2, 0.25) is 13.1 Å². The number of halogens is 2. The van der Waals surface area contributed by atoms with Crippen LogP contribution in [0.15, 0.2) is 96.6 Å². The van der Waals surface area contributed by atoms with E-state index in [2.05, 4.69) is 131 Å². The van der Waals surface area contributed by atoms with Gasteiger partial charge in [-0.15, -0.1) is 0 Å². The first-order valence-corrected chi connectivity index (χ1v) is 23.6. The summed E-state index contributed by atoms with van der Waals surface area (Å²) in [5.74, 6) is 0.345. The second kappa shape index (κ2) is 13.0. The van der Waals surface area contributed by atoms with Crippen LogP contribution < -0.4 is 28.1 Å². The molecule has 216 valence electrons. The van der Waals surface area contributed by atoms with Crippen molar-refractivity contribution in [3.63, 3.8) is 0 Å². The summed E-state index contributed by atoms with van der Waals surface area (Å²) in [4.78, 5) is 0. The van der Waals surface area contributed by atoms with Crippen molar-refractivity contribution in [2.45, 2.75) is 52.6 Å². The van der Waals surface area contributed by atoms with E-state index >= 15 is 0 Å². The Balaban J connectivity index is 0.00000184. The first-order valence-electron chi connectivity index (χ1n) is 15.2. The third-order valence-corrected chi connectivity index (χ3v) is 17.5. The van der Waals surface area contributed by atoms with E-state index in [9.17, 15) is 0 Å². The predicted molar refractivity (Wildman–Crippen MR) is 177 cm³/mol. The number of hydrogen-bond donors (Lipinski definition) is 0. The maximum atomic E-state index is 2.61. The fourth-order valence-corrected chi connectivity index (χ4v) is 15.7. The van der Waals surface area contributed by atoms with Crippen molar-refractivity contribution >= 4 is 26.0 Å². The molecule has 0 amide bonds. The van der Waals surface area contributed by atoms with Crippen molar-refractivity contribution in [1.82, 2.24) is 0 Å². The maximum absolute atomic E-state index is 2.61. The van der Waals surface area contributed by atoms with Gasteiger partial charge in [0.15, 0.2) is 0 Å². The Morgan fingerprint density at radius 2 is 1.53 bits per heavy atom. The molecular weight excluding hydrogens is 659 g/mol. The van der Waals surface area contributed by atoms with Gasteiger partial charge in [-0.2, -0.15) is 0 Å². The number of fused-ring (bicyclic) bond motifs is 5. The summed E-state index contributed by atoms with van der Waals surface area (Å²) in [5.41, 5.74) is 16.5. The molecule has 0 fully saturated rings. The van der Waals surface area contributed by atoms with Gasteiger partial charge in [0.1, 0.15) is 0 Å². The van der Waals surface area contributed by atoms with Gasteiger partial charge in [0, 0.05) is 0 Å². The van der Waals surface area contributed by atoms with Crippen LogP contribution in [0.1, 0.15) is 59.6 Å². The quantitative estimate of drug-likeness (QED) is 0.234. The van der Waals surface area contributed by atoms with E-state index < -0.39 is 28.3 Å². The third kappa shape index (κ3) is 5.70. The van der Waals surface area contributed by atoms with E-state index in [1.807, 2.05) is 0 Å². The molecule has 0 aromatic heterocycles. The normalized spacial score (nSPS) is 14.5. The van der Waals surface area contributed by atoms with Gasteiger partial charge in [-0.05, 0) is 0 Å². The van der Waals surface area contributed by atoms with Crippen molar-refractivity contribution in [3.05, 3.63) is 130 Å². The van der Waals surface area contributed by atoms with E-state index in [0.717, 1.165) is 12.8 Å². The Morgan fingerprint density at radius 1 is 0.791 bits per heavy atom. The summed E-state index contributed by atoms with van der Waals surface area (Å²) in [6.07, 6.45) is 4.84. The number of allylic oxidation sites excluding steroid dienone is 1. The van der Waals surface area contributed by atoms with Gasteiger partial charge in [0.25, 0.3) is 0 Å². The van der Waals surface area contributed by atoms with E-state index in [1.165, 1.54) is 55.3 Å². The average Bonchev–Trinajstić information content (AvgIpc) is 3.50. The molecule has 0 nitrogen and oxygen atoms in total. The van der Waals surface area contributed by atoms with E-state index in [4.69, 9.17) is 0 Å². The first kappa shape index (κ1) is 32.2. The van der Waals surface area contributed by atoms with Gasteiger partial charge in [-0.1, -0.05) is 0 Å². The molecule has 4 heteroatoms. The van der Waals surface area contributed by atoms with Crippen LogP contribution in [0.25, 0.3) is 39.1 Å². The molecule has 0 spiro atoms. The zero-order chi connectivity index (χ0) is 28.2. The van der Waals surface area contributed by atoms with Crippen LogP contribution in [0, 0.1) is 12.8 Å². The van der Waals surface area contributed by atoms with E-state index in [0.29, 0.717) is 11.8 Å². The standard InChI is InChI=1S/C37H31.C2H7Si.2ClH.Zr/c1-23(2)20-27-22-35-31(36-24(3)18-19-25-10-4-7-13-29(25)36)15-9-17-33(35)37(27)32-16-8-14-30-28-12-6-5-11-26(28)21-34(30)32;1-3-2;;;/h4-15,17-19,22-23,37H,20-21H2,1-3H3;3H,1-2H3;2*1H;/q;;;;+2/p-2. The maximum Gasteiger partial charge on any atom is -1.00 e. The van der Waals surface area contributed by atoms with Crippen molar-refractivity contribution in [2.75, 3.05) is 0 Å². The largest absolute Gasteiger partial charge is 1.00 e. The van der Waals surface area contributed by atoms with Gasteiger partial charge in [-0.3, -0.25) is 0 Å². The molecular formula is C39H38Cl2SiZr. The van der Waals surface area contributed by atoms with Crippen LogP contribution in [0.4, 0.5) is 0 Å². The van der Waals surface area contributed by atoms with Gasteiger partial charge < -0.3 is 24.8 Å². The summed E-state index contributed by atoms with van der Waals surface area (Å²) >= 11 is -0.619. The van der Waals surface area contributed by atoms with Crippen LogP contribution in [-0.2, 0) is 28.8 Å². The van der Waals surface area contributed by atoms with Crippen molar-refractivity contribution in [2.24, 2.45) is 5.92 Å². The van der Waals surface area contributed by atoms with Gasteiger partial charge in [0.2, 0.25) is 0 Å². The zero-order valence-corrected chi connectivity index (χ0v) is 30.8. The zero-order valence-electron chi connectivity index (χ0n) is 25.6. The summed E-state index contributed by atoms with van der Waals surface area (Å²) in [5, 5.41) is 2.68. The summed E-state index contributed by atoms with van der Waals surface area (Å²) in [7, 11) is 0. The Labute approximate surface area is 282 Å². The second-order valence-corrected chi connectivity index (χ2v) is 27.3. The predicted octanol–water partition coefficient (Wildman–Crippen LogP) is 3.66. The molecule has 0 aliphatic heterocycles. The van der Waals surface area contributed by atoms with Crippen LogP contribution in [0.5, 0.6) is 0 Å². The topological polar surface area (TPSA) is 0 Å². The summed E-state index contributed by atoms with van der Waals surface area (Å²) < 4.78 is 1.76. The Bertz CT molecular complexity index is 1850. The van der Waals surface area contributed by atoms with Crippen molar-refractivity contribution in [1.29, 1.82) is 0 Å². The van der Waals surface area contributed by atoms with Crippen LogP contribution in [-0.4, -0.2) is 5.92 Å². The second-order valence-electron chi connectivity index (χ2n) is 12.7. The van der Waals surface area contributed by atoms with Gasteiger partial charge in [-0.25, -0.2) is 0 Å². The molecule has 2 aliphatic rings. The molecule has 1 unspecified atom stereocenters. The minimum atomic E-state index is -0.649. The van der Waals surface area contributed by atoms with Crippen molar-refractivity contribution in [3.8, 4) is 22.3 Å². The minimum absolute atomic E-state index is 0. The minimum Gasteiger partial charge on any atom is -1.00 e. The van der Waals surface area contributed by atoms with Gasteiger partial charge in [0.05, 0.1) is 0 Å².